The molecule has 2 aromatic heterocycles. The summed E-state index contributed by atoms with van der Waals surface area (Å²) < 4.78 is 10.9. The summed E-state index contributed by atoms with van der Waals surface area (Å²) in [6.45, 7) is 0.410. The molecule has 24 heavy (non-hydrogen) atoms. The van der Waals surface area contributed by atoms with E-state index in [9.17, 15) is 4.79 Å². The van der Waals surface area contributed by atoms with Gasteiger partial charge in [-0.15, -0.1) is 11.3 Å². The highest BCUT2D eigenvalue weighted by atomic mass is 32.1. The molecule has 124 valence electrons. The third kappa shape index (κ3) is 4.26. The highest BCUT2D eigenvalue weighted by molar-refractivity contribution is 7.13. The predicted molar refractivity (Wildman–Crippen MR) is 95.2 cm³/mol. The number of carbonyl (C=O) groups excluding carboxylic acids is 1. The number of furan rings is 1. The van der Waals surface area contributed by atoms with Crippen LogP contribution in [0.5, 0.6) is 5.75 Å². The number of amides is 1. The Hall–Kier alpha value is -2.53. The van der Waals surface area contributed by atoms with E-state index in [-0.39, 0.29) is 5.91 Å². The zero-order valence-corrected chi connectivity index (χ0v) is 14.3. The Balaban J connectivity index is 1.45. The van der Waals surface area contributed by atoms with E-state index < -0.39 is 0 Å². The molecule has 0 spiro atoms. The van der Waals surface area contributed by atoms with E-state index in [0.29, 0.717) is 19.4 Å². The van der Waals surface area contributed by atoms with Gasteiger partial charge in [-0.25, -0.2) is 0 Å². The van der Waals surface area contributed by atoms with Gasteiger partial charge in [-0.1, -0.05) is 18.2 Å². The van der Waals surface area contributed by atoms with Crippen LogP contribution in [0.15, 0.2) is 58.3 Å². The lowest BCUT2D eigenvalue weighted by molar-refractivity contribution is -0.121. The second kappa shape index (κ2) is 7.84. The third-order valence-electron chi connectivity index (χ3n) is 3.69. The standard InChI is InChI=1S/C19H19NO3S/c1-22-15-7-4-14(5-8-15)6-11-19(21)20-13-16-9-10-17(23-16)18-3-2-12-24-18/h2-5,7-10,12H,6,11,13H2,1H3,(H,20,21). The van der Waals surface area contributed by atoms with Crippen molar-refractivity contribution >= 4 is 17.2 Å². The van der Waals surface area contributed by atoms with Crippen molar-refractivity contribution in [2.75, 3.05) is 7.11 Å². The fraction of sp³-hybridized carbons (Fsp3) is 0.211. The lowest BCUT2D eigenvalue weighted by Crippen LogP contribution is -2.22. The number of carbonyl (C=O) groups is 1. The Morgan fingerprint density at radius 1 is 1.17 bits per heavy atom. The minimum Gasteiger partial charge on any atom is -0.497 e. The largest absolute Gasteiger partial charge is 0.497 e. The average Bonchev–Trinajstić information content (AvgIpc) is 3.29. The van der Waals surface area contributed by atoms with Gasteiger partial charge in [-0.2, -0.15) is 0 Å². The predicted octanol–water partition coefficient (Wildman–Crippen LogP) is 4.27. The SMILES string of the molecule is COc1ccc(CCC(=O)NCc2ccc(-c3cccs3)o2)cc1. The van der Waals surface area contributed by atoms with Crippen LogP contribution in [0.25, 0.3) is 10.6 Å². The molecule has 4 nitrogen and oxygen atoms in total. The molecule has 0 aliphatic rings. The third-order valence-corrected chi connectivity index (χ3v) is 4.57. The van der Waals surface area contributed by atoms with Gasteiger partial charge >= 0.3 is 0 Å². The molecule has 0 radical (unpaired) electrons. The van der Waals surface area contributed by atoms with Crippen LogP contribution in [0.4, 0.5) is 0 Å². The molecule has 2 heterocycles. The maximum absolute atomic E-state index is 12.0. The molecule has 0 aliphatic heterocycles. The topological polar surface area (TPSA) is 51.5 Å². The first-order valence-corrected chi connectivity index (χ1v) is 8.65. The number of hydrogen-bond acceptors (Lipinski definition) is 4. The average molecular weight is 341 g/mol. The smallest absolute Gasteiger partial charge is 0.220 e. The van der Waals surface area contributed by atoms with Gasteiger partial charge in [0.2, 0.25) is 5.91 Å². The first-order valence-electron chi connectivity index (χ1n) is 7.77. The second-order valence-electron chi connectivity index (χ2n) is 5.37. The number of benzene rings is 1. The fourth-order valence-corrected chi connectivity index (χ4v) is 3.04. The molecule has 0 bridgehead atoms. The number of nitrogens with one attached hydrogen (secondary N) is 1. The minimum atomic E-state index is 0.0138. The molecule has 0 fully saturated rings. The van der Waals surface area contributed by atoms with Crippen LogP contribution in [0.3, 0.4) is 0 Å². The number of aryl methyl sites for hydroxylation is 1. The maximum Gasteiger partial charge on any atom is 0.220 e. The van der Waals surface area contributed by atoms with Crippen LogP contribution in [0.1, 0.15) is 17.7 Å². The Morgan fingerprint density at radius 2 is 2.00 bits per heavy atom. The molecule has 3 rings (SSSR count). The zero-order valence-electron chi connectivity index (χ0n) is 13.5. The van der Waals surface area contributed by atoms with E-state index in [1.807, 2.05) is 53.9 Å². The fourth-order valence-electron chi connectivity index (χ4n) is 2.35. The van der Waals surface area contributed by atoms with Crippen LogP contribution in [0, 0.1) is 0 Å². The molecule has 1 amide bonds. The van der Waals surface area contributed by atoms with Gasteiger partial charge in [0.25, 0.3) is 0 Å². The molecule has 1 aromatic carbocycles. The van der Waals surface area contributed by atoms with Crippen molar-refractivity contribution < 1.29 is 13.9 Å². The number of rotatable bonds is 7. The van der Waals surface area contributed by atoms with Crippen LogP contribution < -0.4 is 10.1 Å². The van der Waals surface area contributed by atoms with E-state index >= 15 is 0 Å². The van der Waals surface area contributed by atoms with Gasteiger partial charge < -0.3 is 14.5 Å². The number of thiophene rings is 1. The summed E-state index contributed by atoms with van der Waals surface area (Å²) in [5.41, 5.74) is 1.11. The van der Waals surface area contributed by atoms with Crippen LogP contribution in [-0.2, 0) is 17.8 Å². The zero-order chi connectivity index (χ0) is 16.8. The van der Waals surface area contributed by atoms with Crippen LogP contribution in [-0.4, -0.2) is 13.0 Å². The minimum absolute atomic E-state index is 0.0138. The van der Waals surface area contributed by atoms with E-state index in [1.165, 1.54) is 0 Å². The normalized spacial score (nSPS) is 10.5. The highest BCUT2D eigenvalue weighted by Gasteiger charge is 2.07. The van der Waals surface area contributed by atoms with Crippen molar-refractivity contribution in [1.29, 1.82) is 0 Å². The molecular formula is C19H19NO3S. The molecule has 5 heteroatoms. The van der Waals surface area contributed by atoms with Crippen molar-refractivity contribution in [2.24, 2.45) is 0 Å². The van der Waals surface area contributed by atoms with Crippen molar-refractivity contribution in [3.63, 3.8) is 0 Å². The van der Waals surface area contributed by atoms with E-state index in [1.54, 1.807) is 18.4 Å². The van der Waals surface area contributed by atoms with Crippen molar-refractivity contribution in [2.45, 2.75) is 19.4 Å². The summed E-state index contributed by atoms with van der Waals surface area (Å²) in [7, 11) is 1.64. The molecular weight excluding hydrogens is 322 g/mol. The van der Waals surface area contributed by atoms with Gasteiger partial charge in [0, 0.05) is 6.42 Å². The quantitative estimate of drug-likeness (QED) is 0.698. The monoisotopic (exact) mass is 341 g/mol. The lowest BCUT2D eigenvalue weighted by Gasteiger charge is -2.05. The van der Waals surface area contributed by atoms with E-state index in [0.717, 1.165) is 27.7 Å². The Morgan fingerprint density at radius 3 is 2.71 bits per heavy atom. The molecule has 0 saturated heterocycles. The van der Waals surface area contributed by atoms with Gasteiger partial charge in [-0.3, -0.25) is 4.79 Å². The Kier molecular flexibility index (Phi) is 5.33. The lowest BCUT2D eigenvalue weighted by atomic mass is 10.1. The Bertz CT molecular complexity index is 775. The summed E-state index contributed by atoms with van der Waals surface area (Å²) in [5.74, 6) is 2.44. The van der Waals surface area contributed by atoms with E-state index in [2.05, 4.69) is 5.32 Å². The number of methoxy groups -OCH3 is 1. The summed E-state index contributed by atoms with van der Waals surface area (Å²) in [5, 5.41) is 4.91. The van der Waals surface area contributed by atoms with Gasteiger partial charge in [-0.05, 0) is 47.7 Å². The summed E-state index contributed by atoms with van der Waals surface area (Å²) in [4.78, 5) is 13.1. The first-order chi connectivity index (χ1) is 11.7. The van der Waals surface area contributed by atoms with E-state index in [4.69, 9.17) is 9.15 Å². The van der Waals surface area contributed by atoms with Crippen molar-refractivity contribution in [3.05, 3.63) is 65.2 Å². The molecule has 0 saturated carbocycles. The molecule has 0 atom stereocenters. The maximum atomic E-state index is 12.0. The van der Waals surface area contributed by atoms with Crippen LogP contribution in [0.2, 0.25) is 0 Å². The van der Waals surface area contributed by atoms with Gasteiger partial charge in [0.05, 0.1) is 18.5 Å². The summed E-state index contributed by atoms with van der Waals surface area (Å²) in [6, 6.07) is 15.6. The highest BCUT2D eigenvalue weighted by Crippen LogP contribution is 2.26. The number of ether oxygens (including phenoxy) is 1. The second-order valence-corrected chi connectivity index (χ2v) is 6.32. The van der Waals surface area contributed by atoms with Crippen LogP contribution >= 0.6 is 11.3 Å². The Labute approximate surface area is 145 Å². The number of hydrogen-bond donors (Lipinski definition) is 1. The van der Waals surface area contributed by atoms with Gasteiger partial charge in [0.1, 0.15) is 17.3 Å². The van der Waals surface area contributed by atoms with Gasteiger partial charge in [0.15, 0.2) is 0 Å². The molecule has 1 N–H and O–H groups in total. The van der Waals surface area contributed by atoms with Crippen molar-refractivity contribution in [3.8, 4) is 16.4 Å². The summed E-state index contributed by atoms with van der Waals surface area (Å²) in [6.07, 6.45) is 1.15. The summed E-state index contributed by atoms with van der Waals surface area (Å²) >= 11 is 1.63. The molecule has 0 unspecified atom stereocenters. The first kappa shape index (κ1) is 16.3. The molecule has 3 aromatic rings. The molecule has 0 aliphatic carbocycles. The van der Waals surface area contributed by atoms with Crippen molar-refractivity contribution in [1.82, 2.24) is 5.32 Å².